The van der Waals surface area contributed by atoms with Gasteiger partial charge in [-0.1, -0.05) is 11.6 Å². The Balaban J connectivity index is 2.02. The van der Waals surface area contributed by atoms with Gasteiger partial charge in [0.15, 0.2) is 11.5 Å². The molecule has 5 heteroatoms. The number of methoxy groups -OCH3 is 1. The highest BCUT2D eigenvalue weighted by Crippen LogP contribution is 2.56. The maximum Gasteiger partial charge on any atom is 0.235 e. The van der Waals surface area contributed by atoms with Gasteiger partial charge in [-0.2, -0.15) is 4.99 Å². The van der Waals surface area contributed by atoms with Crippen LogP contribution in [0.15, 0.2) is 17.1 Å². The highest BCUT2D eigenvalue weighted by atomic mass is 35.5. The van der Waals surface area contributed by atoms with Gasteiger partial charge in [0.05, 0.1) is 18.7 Å². The summed E-state index contributed by atoms with van der Waals surface area (Å²) in [6.45, 7) is 0.657. The van der Waals surface area contributed by atoms with E-state index in [1.54, 1.807) is 25.3 Å². The number of halogens is 1. The van der Waals surface area contributed by atoms with Crippen molar-refractivity contribution in [2.24, 2.45) is 10.9 Å². The first-order valence-corrected chi connectivity index (χ1v) is 7.17. The predicted octanol–water partition coefficient (Wildman–Crippen LogP) is 3.46. The average Bonchev–Trinajstić information content (AvgIpc) is 3.32. The van der Waals surface area contributed by atoms with Crippen molar-refractivity contribution >= 4 is 17.7 Å². The molecule has 0 bridgehead atoms. The van der Waals surface area contributed by atoms with Crippen LogP contribution in [0.2, 0.25) is 5.02 Å². The lowest BCUT2D eigenvalue weighted by atomic mass is 10.0. The number of hydrogen-bond donors (Lipinski definition) is 0. The maximum atomic E-state index is 10.7. The second-order valence-electron chi connectivity index (χ2n) is 5.44. The number of rotatable bonds is 6. The predicted molar refractivity (Wildman–Crippen MR) is 75.3 cm³/mol. The third kappa shape index (κ3) is 2.41. The van der Waals surface area contributed by atoms with Crippen LogP contribution < -0.4 is 9.47 Å². The van der Waals surface area contributed by atoms with Crippen LogP contribution in [0.4, 0.5) is 0 Å². The third-order valence-corrected chi connectivity index (χ3v) is 4.21. The highest BCUT2D eigenvalue weighted by molar-refractivity contribution is 6.31. The summed E-state index contributed by atoms with van der Waals surface area (Å²) >= 11 is 6.32. The van der Waals surface area contributed by atoms with Crippen molar-refractivity contribution in [2.45, 2.75) is 31.2 Å². The molecule has 0 saturated heterocycles. The molecule has 20 heavy (non-hydrogen) atoms. The Bertz CT molecular complexity index is 573. The summed E-state index contributed by atoms with van der Waals surface area (Å²) in [5.74, 6) is 1.89. The summed E-state index contributed by atoms with van der Waals surface area (Å²) in [5, 5.41) is 0.563. The van der Waals surface area contributed by atoms with Crippen LogP contribution in [-0.2, 0) is 10.3 Å². The van der Waals surface area contributed by atoms with E-state index < -0.39 is 5.54 Å². The van der Waals surface area contributed by atoms with Gasteiger partial charge in [0.1, 0.15) is 5.54 Å². The molecule has 0 amide bonds. The Hall–Kier alpha value is -1.51. The lowest BCUT2D eigenvalue weighted by Gasteiger charge is -2.19. The lowest BCUT2D eigenvalue weighted by Crippen LogP contribution is -2.10. The van der Waals surface area contributed by atoms with Crippen LogP contribution >= 0.6 is 11.6 Å². The minimum atomic E-state index is -0.563. The van der Waals surface area contributed by atoms with Crippen molar-refractivity contribution in [3.63, 3.8) is 0 Å². The molecular formula is C15H16ClNO3. The van der Waals surface area contributed by atoms with Gasteiger partial charge < -0.3 is 9.47 Å². The zero-order valence-corrected chi connectivity index (χ0v) is 12.1. The molecule has 0 N–H and O–H groups in total. The fourth-order valence-electron chi connectivity index (χ4n) is 2.39. The highest BCUT2D eigenvalue weighted by Gasteiger charge is 2.49. The Morgan fingerprint density at radius 3 is 2.75 bits per heavy atom. The van der Waals surface area contributed by atoms with Crippen molar-refractivity contribution in [3.05, 3.63) is 22.7 Å². The van der Waals surface area contributed by atoms with Gasteiger partial charge in [-0.05, 0) is 43.7 Å². The monoisotopic (exact) mass is 293 g/mol. The first-order valence-electron chi connectivity index (χ1n) is 6.79. The van der Waals surface area contributed by atoms with Crippen molar-refractivity contribution in [1.82, 2.24) is 0 Å². The SMILES string of the molecule is COc1ccc(Cl)c(C2(N=C=O)CC2)c1OCC1CC1. The van der Waals surface area contributed by atoms with Gasteiger partial charge in [-0.25, -0.2) is 4.79 Å². The van der Waals surface area contributed by atoms with Crippen molar-refractivity contribution in [1.29, 1.82) is 0 Å². The van der Waals surface area contributed by atoms with Crippen molar-refractivity contribution in [3.8, 4) is 11.5 Å². The number of hydrogen-bond acceptors (Lipinski definition) is 4. The van der Waals surface area contributed by atoms with E-state index in [0.29, 0.717) is 29.0 Å². The molecule has 2 aliphatic carbocycles. The zero-order chi connectivity index (χ0) is 14.2. The minimum absolute atomic E-state index is 0.563. The molecule has 2 fully saturated rings. The summed E-state index contributed by atoms with van der Waals surface area (Å²) in [4.78, 5) is 14.6. The summed E-state index contributed by atoms with van der Waals surface area (Å²) in [6, 6.07) is 3.55. The van der Waals surface area contributed by atoms with E-state index in [-0.39, 0.29) is 0 Å². The number of benzene rings is 1. The third-order valence-electron chi connectivity index (χ3n) is 3.90. The first kappa shape index (κ1) is 13.5. The topological polar surface area (TPSA) is 47.9 Å². The molecule has 1 aromatic carbocycles. The van der Waals surface area contributed by atoms with E-state index in [0.717, 1.165) is 18.4 Å². The fourth-order valence-corrected chi connectivity index (χ4v) is 2.71. The number of isocyanates is 1. The first-order chi connectivity index (χ1) is 9.70. The van der Waals surface area contributed by atoms with Gasteiger partial charge in [-0.15, -0.1) is 0 Å². The van der Waals surface area contributed by atoms with E-state index in [9.17, 15) is 4.79 Å². The van der Waals surface area contributed by atoms with Crippen LogP contribution in [0.1, 0.15) is 31.2 Å². The molecule has 106 valence electrons. The zero-order valence-electron chi connectivity index (χ0n) is 11.3. The molecule has 2 saturated carbocycles. The van der Waals surface area contributed by atoms with Gasteiger partial charge in [0.2, 0.25) is 6.08 Å². The molecule has 4 nitrogen and oxygen atoms in total. The molecule has 2 aliphatic rings. The number of carbonyl (C=O) groups excluding carboxylic acids is 1. The molecule has 0 radical (unpaired) electrons. The van der Waals surface area contributed by atoms with Gasteiger partial charge >= 0.3 is 0 Å². The Kier molecular flexibility index (Phi) is 3.45. The Morgan fingerprint density at radius 2 is 2.20 bits per heavy atom. The molecule has 0 heterocycles. The minimum Gasteiger partial charge on any atom is -0.493 e. The van der Waals surface area contributed by atoms with Crippen LogP contribution in [0.5, 0.6) is 11.5 Å². The standard InChI is InChI=1S/C15H16ClNO3/c1-19-12-5-4-11(16)13(15(6-7-15)17-9-18)14(12)20-8-10-2-3-10/h4-5,10H,2-3,6-8H2,1H3. The Labute approximate surface area is 122 Å². The van der Waals surface area contributed by atoms with Crippen LogP contribution in [0.25, 0.3) is 0 Å². The fraction of sp³-hybridized carbons (Fsp3) is 0.533. The quantitative estimate of drug-likeness (QED) is 0.596. The largest absolute Gasteiger partial charge is 0.493 e. The molecule has 3 rings (SSSR count). The average molecular weight is 294 g/mol. The normalized spacial score (nSPS) is 19.1. The van der Waals surface area contributed by atoms with E-state index in [1.807, 2.05) is 0 Å². The molecule has 0 spiro atoms. The van der Waals surface area contributed by atoms with Gasteiger partial charge in [-0.3, -0.25) is 0 Å². The Morgan fingerprint density at radius 1 is 1.45 bits per heavy atom. The van der Waals surface area contributed by atoms with Crippen LogP contribution in [0.3, 0.4) is 0 Å². The van der Waals surface area contributed by atoms with Crippen molar-refractivity contribution in [2.75, 3.05) is 13.7 Å². The number of ether oxygens (including phenoxy) is 2. The van der Waals surface area contributed by atoms with E-state index in [4.69, 9.17) is 21.1 Å². The van der Waals surface area contributed by atoms with Crippen LogP contribution in [0, 0.1) is 5.92 Å². The molecular weight excluding hydrogens is 278 g/mol. The van der Waals surface area contributed by atoms with Gasteiger partial charge in [0, 0.05) is 5.56 Å². The smallest absolute Gasteiger partial charge is 0.235 e. The number of aliphatic imine (C=N–C) groups is 1. The van der Waals surface area contributed by atoms with E-state index in [1.165, 1.54) is 12.8 Å². The molecule has 0 aliphatic heterocycles. The molecule has 0 atom stereocenters. The molecule has 0 unspecified atom stereocenters. The van der Waals surface area contributed by atoms with E-state index >= 15 is 0 Å². The lowest BCUT2D eigenvalue weighted by molar-refractivity contribution is 0.275. The number of nitrogens with zero attached hydrogens (tertiary/aromatic N) is 1. The summed E-state index contributed by atoms with van der Waals surface area (Å²) in [5.41, 5.74) is 0.203. The van der Waals surface area contributed by atoms with Crippen molar-refractivity contribution < 1.29 is 14.3 Å². The van der Waals surface area contributed by atoms with Crippen LogP contribution in [-0.4, -0.2) is 19.8 Å². The molecule has 0 aromatic heterocycles. The molecule has 1 aromatic rings. The second kappa shape index (κ2) is 5.12. The maximum absolute atomic E-state index is 10.7. The summed E-state index contributed by atoms with van der Waals surface area (Å²) < 4.78 is 11.3. The summed E-state index contributed by atoms with van der Waals surface area (Å²) in [6.07, 6.45) is 5.64. The summed E-state index contributed by atoms with van der Waals surface area (Å²) in [7, 11) is 1.60. The van der Waals surface area contributed by atoms with E-state index in [2.05, 4.69) is 4.99 Å². The van der Waals surface area contributed by atoms with Gasteiger partial charge in [0.25, 0.3) is 0 Å². The second-order valence-corrected chi connectivity index (χ2v) is 5.85.